The monoisotopic (exact) mass is 464 g/mol. The minimum Gasteiger partial charge on any atom is -0.462 e. The van der Waals surface area contributed by atoms with Gasteiger partial charge in [0.1, 0.15) is 11.3 Å². The number of nitrogens with one attached hydrogen (secondary N) is 1. The summed E-state index contributed by atoms with van der Waals surface area (Å²) in [5, 5.41) is 2.95. The molecule has 0 saturated heterocycles. The summed E-state index contributed by atoms with van der Waals surface area (Å²) in [7, 11) is 0. The van der Waals surface area contributed by atoms with E-state index in [4.69, 9.17) is 9.47 Å². The van der Waals surface area contributed by atoms with Crippen molar-refractivity contribution < 1.29 is 19.1 Å². The lowest BCUT2D eigenvalue weighted by molar-refractivity contribution is -0.111. The molecule has 4 rings (SSSR count). The van der Waals surface area contributed by atoms with Gasteiger partial charge in [-0.2, -0.15) is 0 Å². The maximum Gasteiger partial charge on any atom is 0.343 e. The van der Waals surface area contributed by atoms with E-state index in [-0.39, 0.29) is 24.0 Å². The van der Waals surface area contributed by atoms with Crippen LogP contribution in [0.3, 0.4) is 0 Å². The SMILES string of the molecule is CCOC(=O)c1cccnc1Oc1cccc(NC(=O)/C(=C/c2ccccc2)c2ccccc2)c1. The van der Waals surface area contributed by atoms with Gasteiger partial charge in [-0.25, -0.2) is 9.78 Å². The van der Waals surface area contributed by atoms with Crippen LogP contribution in [-0.2, 0) is 9.53 Å². The normalized spacial score (nSPS) is 10.9. The Hall–Kier alpha value is -4.71. The molecule has 4 aromatic rings. The lowest BCUT2D eigenvalue weighted by Crippen LogP contribution is -2.13. The fourth-order valence-corrected chi connectivity index (χ4v) is 3.40. The predicted octanol–water partition coefficient (Wildman–Crippen LogP) is 6.23. The number of nitrogens with zero attached hydrogens (tertiary/aromatic N) is 1. The first-order valence-electron chi connectivity index (χ1n) is 11.2. The molecule has 0 unspecified atom stereocenters. The summed E-state index contributed by atoms with van der Waals surface area (Å²) in [4.78, 5) is 29.7. The number of hydrogen-bond acceptors (Lipinski definition) is 5. The van der Waals surface area contributed by atoms with Crippen molar-refractivity contribution >= 4 is 29.2 Å². The molecule has 0 spiro atoms. The van der Waals surface area contributed by atoms with Gasteiger partial charge in [-0.15, -0.1) is 0 Å². The van der Waals surface area contributed by atoms with Gasteiger partial charge in [0.2, 0.25) is 5.88 Å². The highest BCUT2D eigenvalue weighted by atomic mass is 16.5. The fourth-order valence-electron chi connectivity index (χ4n) is 3.40. The molecule has 0 bridgehead atoms. The Kier molecular flexibility index (Phi) is 7.66. The minimum atomic E-state index is -0.515. The Balaban J connectivity index is 1.58. The van der Waals surface area contributed by atoms with E-state index in [0.29, 0.717) is 17.0 Å². The van der Waals surface area contributed by atoms with Crippen molar-refractivity contribution in [1.29, 1.82) is 0 Å². The Labute approximate surface area is 203 Å². The molecule has 1 amide bonds. The smallest absolute Gasteiger partial charge is 0.343 e. The van der Waals surface area contributed by atoms with Gasteiger partial charge in [0.15, 0.2) is 0 Å². The van der Waals surface area contributed by atoms with Crippen molar-refractivity contribution in [2.75, 3.05) is 11.9 Å². The first-order valence-corrected chi connectivity index (χ1v) is 11.2. The van der Waals surface area contributed by atoms with Crippen molar-refractivity contribution in [3.8, 4) is 11.6 Å². The molecule has 0 fully saturated rings. The summed E-state index contributed by atoms with van der Waals surface area (Å²) in [5.74, 6) is -0.232. The van der Waals surface area contributed by atoms with E-state index in [9.17, 15) is 9.59 Å². The van der Waals surface area contributed by atoms with Crippen LogP contribution in [0.1, 0.15) is 28.4 Å². The van der Waals surface area contributed by atoms with E-state index in [2.05, 4.69) is 10.3 Å². The zero-order valence-corrected chi connectivity index (χ0v) is 19.2. The standard InChI is InChI=1S/C29H24N2O4/c1-2-34-29(33)25-17-10-18-30-28(25)35-24-16-9-15-23(20-24)31-27(32)26(22-13-7-4-8-14-22)19-21-11-5-3-6-12-21/h3-20H,2H2,1H3,(H,31,32)/b26-19+. The molecule has 6 heteroatoms. The van der Waals surface area contributed by atoms with Crippen LogP contribution in [0, 0.1) is 0 Å². The quantitative estimate of drug-likeness (QED) is 0.190. The summed E-state index contributed by atoms with van der Waals surface area (Å²) in [6.45, 7) is 1.98. The number of pyridine rings is 1. The number of benzene rings is 3. The molecule has 174 valence electrons. The van der Waals surface area contributed by atoms with Gasteiger partial charge in [0.25, 0.3) is 5.91 Å². The molecule has 0 aliphatic carbocycles. The van der Waals surface area contributed by atoms with Crippen LogP contribution in [0.4, 0.5) is 5.69 Å². The van der Waals surface area contributed by atoms with Crippen molar-refractivity contribution in [2.45, 2.75) is 6.92 Å². The number of amides is 1. The molecule has 6 nitrogen and oxygen atoms in total. The highest BCUT2D eigenvalue weighted by Gasteiger charge is 2.16. The van der Waals surface area contributed by atoms with Crippen molar-refractivity contribution in [3.63, 3.8) is 0 Å². The Bertz CT molecular complexity index is 1340. The molecule has 0 saturated carbocycles. The van der Waals surface area contributed by atoms with Gasteiger partial charge < -0.3 is 14.8 Å². The number of rotatable bonds is 8. The zero-order valence-electron chi connectivity index (χ0n) is 19.2. The molecule has 0 atom stereocenters. The first kappa shape index (κ1) is 23.4. The largest absolute Gasteiger partial charge is 0.462 e. The molecular weight excluding hydrogens is 440 g/mol. The van der Waals surface area contributed by atoms with E-state index in [1.54, 1.807) is 43.3 Å². The van der Waals surface area contributed by atoms with Gasteiger partial charge in [-0.05, 0) is 48.4 Å². The minimum absolute atomic E-state index is 0.128. The van der Waals surface area contributed by atoms with Gasteiger partial charge in [-0.3, -0.25) is 4.79 Å². The van der Waals surface area contributed by atoms with Crippen LogP contribution >= 0.6 is 0 Å². The van der Waals surface area contributed by atoms with Gasteiger partial charge >= 0.3 is 5.97 Å². The molecule has 3 aromatic carbocycles. The summed E-state index contributed by atoms with van der Waals surface area (Å²) in [6.07, 6.45) is 3.38. The predicted molar refractivity (Wildman–Crippen MR) is 136 cm³/mol. The summed E-state index contributed by atoms with van der Waals surface area (Å²) >= 11 is 0. The number of anilines is 1. The lowest BCUT2D eigenvalue weighted by Gasteiger charge is -2.12. The number of esters is 1. The molecule has 1 N–H and O–H groups in total. The van der Waals surface area contributed by atoms with Crippen LogP contribution in [0.25, 0.3) is 11.6 Å². The second-order valence-electron chi connectivity index (χ2n) is 7.50. The summed E-state index contributed by atoms with van der Waals surface area (Å²) in [6, 6.07) is 29.3. The lowest BCUT2D eigenvalue weighted by atomic mass is 10.0. The average Bonchev–Trinajstić information content (AvgIpc) is 2.89. The van der Waals surface area contributed by atoms with Gasteiger partial charge in [0, 0.05) is 23.5 Å². The third-order valence-electron chi connectivity index (χ3n) is 5.01. The van der Waals surface area contributed by atoms with E-state index in [0.717, 1.165) is 11.1 Å². The average molecular weight is 465 g/mol. The number of ether oxygens (including phenoxy) is 2. The van der Waals surface area contributed by atoms with E-state index >= 15 is 0 Å². The summed E-state index contributed by atoms with van der Waals surface area (Å²) in [5.41, 5.74) is 3.00. The molecule has 35 heavy (non-hydrogen) atoms. The third-order valence-corrected chi connectivity index (χ3v) is 5.01. The first-order chi connectivity index (χ1) is 17.1. The summed E-state index contributed by atoms with van der Waals surface area (Å²) < 4.78 is 10.9. The Morgan fingerprint density at radius 1 is 0.886 bits per heavy atom. The molecule has 1 aromatic heterocycles. The Morgan fingerprint density at radius 3 is 2.37 bits per heavy atom. The van der Waals surface area contributed by atoms with Crippen LogP contribution in [0.2, 0.25) is 0 Å². The number of carbonyl (C=O) groups excluding carboxylic acids is 2. The second-order valence-corrected chi connectivity index (χ2v) is 7.50. The molecular formula is C29H24N2O4. The van der Waals surface area contributed by atoms with Crippen LogP contribution in [0.5, 0.6) is 11.6 Å². The molecule has 0 aliphatic rings. The highest BCUT2D eigenvalue weighted by molar-refractivity contribution is 6.29. The van der Waals surface area contributed by atoms with Crippen LogP contribution in [0.15, 0.2) is 103 Å². The van der Waals surface area contributed by atoms with Crippen molar-refractivity contribution in [2.24, 2.45) is 0 Å². The second kappa shape index (κ2) is 11.4. The fraction of sp³-hybridized carbons (Fsp3) is 0.0690. The third kappa shape index (κ3) is 6.21. The highest BCUT2D eigenvalue weighted by Crippen LogP contribution is 2.27. The van der Waals surface area contributed by atoms with Crippen LogP contribution in [-0.4, -0.2) is 23.5 Å². The molecule has 0 radical (unpaired) electrons. The maximum atomic E-state index is 13.3. The number of aromatic nitrogens is 1. The number of carbonyl (C=O) groups is 2. The van der Waals surface area contributed by atoms with E-state index in [1.807, 2.05) is 66.7 Å². The maximum absolute atomic E-state index is 13.3. The zero-order chi connectivity index (χ0) is 24.5. The van der Waals surface area contributed by atoms with Gasteiger partial charge in [-0.1, -0.05) is 66.7 Å². The Morgan fingerprint density at radius 2 is 1.63 bits per heavy atom. The van der Waals surface area contributed by atoms with Crippen molar-refractivity contribution in [1.82, 2.24) is 4.98 Å². The topological polar surface area (TPSA) is 77.5 Å². The molecule has 0 aliphatic heterocycles. The van der Waals surface area contributed by atoms with Crippen LogP contribution < -0.4 is 10.1 Å². The van der Waals surface area contributed by atoms with Gasteiger partial charge in [0.05, 0.1) is 6.61 Å². The molecule has 1 heterocycles. The van der Waals surface area contributed by atoms with Crippen molar-refractivity contribution in [3.05, 3.63) is 120 Å². The van der Waals surface area contributed by atoms with E-state index < -0.39 is 5.97 Å². The number of hydrogen-bond donors (Lipinski definition) is 1. The van der Waals surface area contributed by atoms with E-state index in [1.165, 1.54) is 6.20 Å².